The van der Waals surface area contributed by atoms with Crippen molar-refractivity contribution >= 4 is 0 Å². The molecule has 1 heterocycles. The minimum atomic E-state index is 0.699. The molecule has 2 rings (SSSR count). The second-order valence-corrected chi connectivity index (χ2v) is 5.08. The van der Waals surface area contributed by atoms with Gasteiger partial charge in [0.1, 0.15) is 5.76 Å². The van der Waals surface area contributed by atoms with E-state index in [1.54, 1.807) is 6.26 Å². The second-order valence-electron chi connectivity index (χ2n) is 5.08. The third-order valence-corrected chi connectivity index (χ3v) is 2.99. The topological polar surface area (TPSA) is 25.2 Å². The first-order valence-corrected chi connectivity index (χ1v) is 6.51. The van der Waals surface area contributed by atoms with Crippen LogP contribution in [-0.2, 0) is 13.0 Å². The highest BCUT2D eigenvalue weighted by Gasteiger charge is 2.07. The molecule has 0 aliphatic rings. The van der Waals surface area contributed by atoms with Crippen molar-refractivity contribution < 1.29 is 4.42 Å². The van der Waals surface area contributed by atoms with Gasteiger partial charge in [0.2, 0.25) is 0 Å². The quantitative estimate of drug-likeness (QED) is 0.862. The molecule has 1 aromatic carbocycles. The van der Waals surface area contributed by atoms with Crippen LogP contribution in [-0.4, -0.2) is 7.05 Å². The number of furan rings is 1. The Morgan fingerprint density at radius 1 is 1.11 bits per heavy atom. The van der Waals surface area contributed by atoms with E-state index in [9.17, 15) is 0 Å². The molecule has 2 nitrogen and oxygen atoms in total. The summed E-state index contributed by atoms with van der Waals surface area (Å²) in [5, 5.41) is 3.12. The van der Waals surface area contributed by atoms with Crippen LogP contribution in [0.4, 0.5) is 0 Å². The summed E-state index contributed by atoms with van der Waals surface area (Å²) in [6, 6.07) is 10.8. The van der Waals surface area contributed by atoms with Gasteiger partial charge >= 0.3 is 0 Å². The molecule has 2 aromatic rings. The Bertz CT molecular complexity index is 482. The highest BCUT2D eigenvalue weighted by atomic mass is 16.3. The Morgan fingerprint density at radius 2 is 1.83 bits per heavy atom. The van der Waals surface area contributed by atoms with Crippen LogP contribution in [0.1, 0.15) is 25.2 Å². The molecule has 0 amide bonds. The van der Waals surface area contributed by atoms with E-state index in [2.05, 4.69) is 43.4 Å². The van der Waals surface area contributed by atoms with Crippen LogP contribution in [0.25, 0.3) is 11.1 Å². The minimum absolute atomic E-state index is 0.699. The summed E-state index contributed by atoms with van der Waals surface area (Å²) in [6.45, 7) is 5.25. The largest absolute Gasteiger partial charge is 0.467 e. The molecular weight excluding hydrogens is 222 g/mol. The predicted molar refractivity (Wildman–Crippen MR) is 75.4 cm³/mol. The van der Waals surface area contributed by atoms with Crippen LogP contribution in [0.2, 0.25) is 0 Å². The zero-order chi connectivity index (χ0) is 13.0. The van der Waals surface area contributed by atoms with E-state index in [-0.39, 0.29) is 0 Å². The maximum absolute atomic E-state index is 5.49. The summed E-state index contributed by atoms with van der Waals surface area (Å²) in [6.07, 6.45) is 2.89. The lowest BCUT2D eigenvalue weighted by Crippen LogP contribution is -2.04. The van der Waals surface area contributed by atoms with E-state index in [0.717, 1.165) is 18.7 Å². The van der Waals surface area contributed by atoms with E-state index in [1.807, 2.05) is 13.1 Å². The van der Waals surface area contributed by atoms with Crippen LogP contribution < -0.4 is 5.32 Å². The van der Waals surface area contributed by atoms with Gasteiger partial charge in [0, 0.05) is 5.56 Å². The highest BCUT2D eigenvalue weighted by molar-refractivity contribution is 5.65. The lowest BCUT2D eigenvalue weighted by molar-refractivity contribution is 0.497. The summed E-state index contributed by atoms with van der Waals surface area (Å²) < 4.78 is 5.49. The molecule has 0 saturated heterocycles. The normalized spacial score (nSPS) is 11.1. The SMILES string of the molecule is CNCc1occc1-c1ccc(CC(C)C)cc1. The van der Waals surface area contributed by atoms with Crippen LogP contribution in [0.3, 0.4) is 0 Å². The molecule has 0 spiro atoms. The minimum Gasteiger partial charge on any atom is -0.467 e. The first-order valence-electron chi connectivity index (χ1n) is 6.51. The molecule has 0 aliphatic carbocycles. The third kappa shape index (κ3) is 3.02. The molecular formula is C16H21NO. The number of benzene rings is 1. The Balaban J connectivity index is 2.20. The number of nitrogens with one attached hydrogen (secondary N) is 1. The van der Waals surface area contributed by atoms with E-state index in [1.165, 1.54) is 16.7 Å². The summed E-state index contributed by atoms with van der Waals surface area (Å²) in [7, 11) is 1.93. The third-order valence-electron chi connectivity index (χ3n) is 2.99. The van der Waals surface area contributed by atoms with Crippen molar-refractivity contribution in [2.24, 2.45) is 5.92 Å². The van der Waals surface area contributed by atoms with E-state index >= 15 is 0 Å². The molecule has 2 heteroatoms. The zero-order valence-electron chi connectivity index (χ0n) is 11.4. The van der Waals surface area contributed by atoms with Crippen LogP contribution >= 0.6 is 0 Å². The second kappa shape index (κ2) is 5.87. The Labute approximate surface area is 109 Å². The summed E-state index contributed by atoms with van der Waals surface area (Å²) >= 11 is 0. The standard InChI is InChI=1S/C16H21NO/c1-12(2)10-13-4-6-14(7-5-13)15-8-9-18-16(15)11-17-3/h4-9,12,17H,10-11H2,1-3H3. The first kappa shape index (κ1) is 12.9. The van der Waals surface area contributed by atoms with Gasteiger partial charge in [-0.3, -0.25) is 0 Å². The van der Waals surface area contributed by atoms with Crippen molar-refractivity contribution in [2.75, 3.05) is 7.05 Å². The molecule has 96 valence electrons. The molecule has 1 aromatic heterocycles. The van der Waals surface area contributed by atoms with Crippen LogP contribution in [0.15, 0.2) is 41.0 Å². The van der Waals surface area contributed by atoms with E-state index in [0.29, 0.717) is 5.92 Å². The molecule has 0 fully saturated rings. The maximum atomic E-state index is 5.49. The fourth-order valence-corrected chi connectivity index (χ4v) is 2.19. The molecule has 0 saturated carbocycles. The van der Waals surface area contributed by atoms with Crippen molar-refractivity contribution in [3.8, 4) is 11.1 Å². The molecule has 1 N–H and O–H groups in total. The Hall–Kier alpha value is -1.54. The number of hydrogen-bond acceptors (Lipinski definition) is 2. The monoisotopic (exact) mass is 243 g/mol. The summed E-state index contributed by atoms with van der Waals surface area (Å²) in [4.78, 5) is 0. The van der Waals surface area contributed by atoms with Crippen LogP contribution in [0.5, 0.6) is 0 Å². The highest BCUT2D eigenvalue weighted by Crippen LogP contribution is 2.25. The lowest BCUT2D eigenvalue weighted by Gasteiger charge is -2.07. The summed E-state index contributed by atoms with van der Waals surface area (Å²) in [5.41, 5.74) is 3.80. The number of hydrogen-bond donors (Lipinski definition) is 1. The van der Waals surface area contributed by atoms with Gasteiger partial charge in [0.15, 0.2) is 0 Å². The number of rotatable bonds is 5. The fraction of sp³-hybridized carbons (Fsp3) is 0.375. The molecule has 0 radical (unpaired) electrons. The molecule has 0 bridgehead atoms. The average molecular weight is 243 g/mol. The van der Waals surface area contributed by atoms with Gasteiger partial charge in [0.05, 0.1) is 12.8 Å². The van der Waals surface area contributed by atoms with Crippen LogP contribution in [0, 0.1) is 5.92 Å². The smallest absolute Gasteiger partial charge is 0.125 e. The Kier molecular flexibility index (Phi) is 4.21. The van der Waals surface area contributed by atoms with E-state index < -0.39 is 0 Å². The van der Waals surface area contributed by atoms with Gasteiger partial charge in [0.25, 0.3) is 0 Å². The molecule has 0 atom stereocenters. The van der Waals surface area contributed by atoms with Crippen molar-refractivity contribution in [1.82, 2.24) is 5.32 Å². The average Bonchev–Trinajstić information content (AvgIpc) is 2.78. The summed E-state index contributed by atoms with van der Waals surface area (Å²) in [5.74, 6) is 1.69. The molecule has 0 unspecified atom stereocenters. The van der Waals surface area contributed by atoms with Gasteiger partial charge in [-0.05, 0) is 36.6 Å². The zero-order valence-corrected chi connectivity index (χ0v) is 11.4. The van der Waals surface area contributed by atoms with Gasteiger partial charge < -0.3 is 9.73 Å². The lowest BCUT2D eigenvalue weighted by atomic mass is 9.99. The molecule has 18 heavy (non-hydrogen) atoms. The first-order chi connectivity index (χ1) is 8.70. The van der Waals surface area contributed by atoms with Gasteiger partial charge in [-0.25, -0.2) is 0 Å². The molecule has 0 aliphatic heterocycles. The maximum Gasteiger partial charge on any atom is 0.125 e. The van der Waals surface area contributed by atoms with Crippen molar-refractivity contribution in [3.05, 3.63) is 47.9 Å². The van der Waals surface area contributed by atoms with Gasteiger partial charge in [-0.2, -0.15) is 0 Å². The van der Waals surface area contributed by atoms with Crippen molar-refractivity contribution in [1.29, 1.82) is 0 Å². The van der Waals surface area contributed by atoms with Crippen molar-refractivity contribution in [3.63, 3.8) is 0 Å². The fourth-order valence-electron chi connectivity index (χ4n) is 2.19. The van der Waals surface area contributed by atoms with Gasteiger partial charge in [-0.15, -0.1) is 0 Å². The van der Waals surface area contributed by atoms with Gasteiger partial charge in [-0.1, -0.05) is 38.1 Å². The predicted octanol–water partition coefficient (Wildman–Crippen LogP) is 3.86. The Morgan fingerprint density at radius 3 is 2.44 bits per heavy atom. The van der Waals surface area contributed by atoms with Crippen molar-refractivity contribution in [2.45, 2.75) is 26.8 Å². The van der Waals surface area contributed by atoms with E-state index in [4.69, 9.17) is 4.42 Å².